The van der Waals surface area contributed by atoms with Gasteiger partial charge in [0.2, 0.25) is 5.78 Å². The Morgan fingerprint density at radius 2 is 1.94 bits per heavy atom. The molecule has 32 heavy (non-hydrogen) atoms. The number of rotatable bonds is 6. The summed E-state index contributed by atoms with van der Waals surface area (Å²) in [4.78, 5) is 38.2. The first-order valence-corrected chi connectivity index (χ1v) is 12.3. The lowest BCUT2D eigenvalue weighted by molar-refractivity contribution is -0.202. The van der Waals surface area contributed by atoms with Gasteiger partial charge in [-0.05, 0) is 74.2 Å². The summed E-state index contributed by atoms with van der Waals surface area (Å²) in [5.41, 5.74) is -0.870. The fourth-order valence-electron chi connectivity index (χ4n) is 8.06. The molecule has 0 aromatic carbocycles. The highest BCUT2D eigenvalue weighted by Crippen LogP contribution is 2.68. The topological polar surface area (TPSA) is 89.9 Å². The van der Waals surface area contributed by atoms with Gasteiger partial charge in [-0.15, -0.1) is 0 Å². The van der Waals surface area contributed by atoms with Crippen molar-refractivity contribution in [1.82, 2.24) is 0 Å². The van der Waals surface area contributed by atoms with Crippen LogP contribution >= 0.6 is 0 Å². The van der Waals surface area contributed by atoms with E-state index >= 15 is 0 Å². The number of hydrogen-bond donors (Lipinski definition) is 1. The van der Waals surface area contributed by atoms with Crippen molar-refractivity contribution in [1.29, 1.82) is 0 Å². The predicted molar refractivity (Wildman–Crippen MR) is 119 cm³/mol. The second kappa shape index (κ2) is 8.35. The van der Waals surface area contributed by atoms with E-state index < -0.39 is 17.1 Å². The number of methoxy groups -OCH3 is 1. The minimum absolute atomic E-state index is 0.0633. The maximum atomic E-state index is 13.4. The number of ketones is 2. The first-order valence-electron chi connectivity index (χ1n) is 12.3. The standard InChI is InChI=1S/C26H38O6/c1-5-6-22(30)32-26(21(29)15-31-4)12-10-19-18-8-7-16-13-17(27)9-11-24(16,2)23(18)20(28)14-25(19,26)3/h13,18-20,23,28H,5-12,14-15H2,1-4H3/t18-,19-,20-,23+,24-,25-,26-/m0/s1. The van der Waals surface area contributed by atoms with Crippen molar-refractivity contribution in [3.8, 4) is 0 Å². The van der Waals surface area contributed by atoms with Crippen molar-refractivity contribution in [2.24, 2.45) is 28.6 Å². The number of aliphatic hydroxyl groups is 1. The molecule has 0 bridgehead atoms. The number of carbonyl (C=O) groups excluding carboxylic acids is 3. The molecular weight excluding hydrogens is 408 g/mol. The average molecular weight is 447 g/mol. The zero-order valence-electron chi connectivity index (χ0n) is 19.9. The number of ether oxygens (including phenoxy) is 2. The van der Waals surface area contributed by atoms with Crippen LogP contribution in [0.2, 0.25) is 0 Å². The van der Waals surface area contributed by atoms with Crippen LogP contribution in [0.15, 0.2) is 11.6 Å². The molecule has 4 aliphatic rings. The van der Waals surface area contributed by atoms with Crippen LogP contribution in [0.25, 0.3) is 0 Å². The van der Waals surface area contributed by atoms with Gasteiger partial charge in [-0.1, -0.05) is 26.3 Å². The smallest absolute Gasteiger partial charge is 0.306 e. The van der Waals surface area contributed by atoms with Crippen molar-refractivity contribution in [3.05, 3.63) is 11.6 Å². The Morgan fingerprint density at radius 3 is 2.62 bits per heavy atom. The molecule has 0 saturated heterocycles. The molecule has 3 fully saturated rings. The summed E-state index contributed by atoms with van der Waals surface area (Å²) < 4.78 is 11.3. The van der Waals surface area contributed by atoms with Crippen LogP contribution in [0, 0.1) is 28.6 Å². The lowest BCUT2D eigenvalue weighted by Gasteiger charge is -2.60. The van der Waals surface area contributed by atoms with Gasteiger partial charge in [0.25, 0.3) is 0 Å². The number of fused-ring (bicyclic) bond motifs is 5. The van der Waals surface area contributed by atoms with Crippen LogP contribution in [-0.2, 0) is 23.9 Å². The number of Topliss-reactive ketones (excluding diaryl/α,β-unsaturated/α-hetero) is 1. The van der Waals surface area contributed by atoms with Crippen molar-refractivity contribution in [2.45, 2.75) is 90.3 Å². The molecule has 0 unspecified atom stereocenters. The largest absolute Gasteiger partial charge is 0.450 e. The zero-order valence-corrected chi connectivity index (χ0v) is 19.9. The Morgan fingerprint density at radius 1 is 1.19 bits per heavy atom. The summed E-state index contributed by atoms with van der Waals surface area (Å²) in [6.07, 6.45) is 6.92. The second-order valence-electron chi connectivity index (χ2n) is 11.0. The van der Waals surface area contributed by atoms with Gasteiger partial charge in [-0.25, -0.2) is 0 Å². The molecule has 0 aromatic rings. The highest BCUT2D eigenvalue weighted by molar-refractivity contribution is 5.92. The van der Waals surface area contributed by atoms with E-state index in [1.165, 1.54) is 12.7 Å². The van der Waals surface area contributed by atoms with E-state index in [2.05, 4.69) is 13.8 Å². The lowest BCUT2D eigenvalue weighted by Crippen LogP contribution is -2.63. The molecule has 4 aliphatic carbocycles. The number of aliphatic hydroxyl groups excluding tert-OH is 1. The first kappa shape index (κ1) is 23.6. The van der Waals surface area contributed by atoms with Gasteiger partial charge in [0, 0.05) is 25.4 Å². The molecule has 0 aliphatic heterocycles. The molecule has 6 heteroatoms. The Labute approximate surface area is 191 Å². The molecule has 1 N–H and O–H groups in total. The number of carbonyl (C=O) groups is 3. The van der Waals surface area contributed by atoms with Gasteiger partial charge in [0.15, 0.2) is 11.4 Å². The molecule has 0 radical (unpaired) electrons. The van der Waals surface area contributed by atoms with Gasteiger partial charge in [0.1, 0.15) is 6.61 Å². The minimum atomic E-state index is -1.24. The molecule has 0 aromatic heterocycles. The normalized spacial score (nSPS) is 43.0. The van der Waals surface area contributed by atoms with Crippen LogP contribution in [0.5, 0.6) is 0 Å². The molecule has 0 heterocycles. The summed E-state index contributed by atoms with van der Waals surface area (Å²) in [5, 5.41) is 11.6. The Hall–Kier alpha value is -1.53. The zero-order chi connectivity index (χ0) is 23.3. The fraction of sp³-hybridized carbons (Fsp3) is 0.808. The van der Waals surface area contributed by atoms with Crippen molar-refractivity contribution in [2.75, 3.05) is 13.7 Å². The van der Waals surface area contributed by atoms with Crippen molar-refractivity contribution in [3.63, 3.8) is 0 Å². The van der Waals surface area contributed by atoms with Crippen LogP contribution < -0.4 is 0 Å². The third-order valence-corrected chi connectivity index (χ3v) is 9.48. The highest BCUT2D eigenvalue weighted by Gasteiger charge is 2.70. The maximum Gasteiger partial charge on any atom is 0.306 e. The molecule has 4 rings (SSSR count). The lowest BCUT2D eigenvalue weighted by atomic mass is 9.45. The van der Waals surface area contributed by atoms with Crippen molar-refractivity contribution < 1.29 is 29.0 Å². The summed E-state index contributed by atoms with van der Waals surface area (Å²) in [7, 11) is 1.49. The first-order chi connectivity index (χ1) is 15.1. The minimum Gasteiger partial charge on any atom is -0.450 e. The Balaban J connectivity index is 1.72. The van der Waals surface area contributed by atoms with Gasteiger partial charge in [0.05, 0.1) is 6.10 Å². The maximum absolute atomic E-state index is 13.4. The molecule has 7 atom stereocenters. The third kappa shape index (κ3) is 3.32. The molecule has 178 valence electrons. The molecule has 0 amide bonds. The third-order valence-electron chi connectivity index (χ3n) is 9.48. The van der Waals surface area contributed by atoms with E-state index in [0.29, 0.717) is 25.7 Å². The molecular formula is C26H38O6. The number of esters is 1. The van der Waals surface area contributed by atoms with Crippen LogP contribution in [0.4, 0.5) is 0 Å². The van der Waals surface area contributed by atoms with E-state index in [1.54, 1.807) is 0 Å². The van der Waals surface area contributed by atoms with E-state index in [-0.39, 0.29) is 53.7 Å². The monoisotopic (exact) mass is 446 g/mol. The summed E-state index contributed by atoms with van der Waals surface area (Å²) >= 11 is 0. The van der Waals surface area contributed by atoms with Gasteiger partial charge in [-0.3, -0.25) is 14.4 Å². The number of allylic oxidation sites excluding steroid dienone is 1. The molecule has 3 saturated carbocycles. The fourth-order valence-corrected chi connectivity index (χ4v) is 8.06. The predicted octanol–water partition coefficient (Wildman–Crippen LogP) is 3.79. The average Bonchev–Trinajstić information content (AvgIpc) is 3.01. The van der Waals surface area contributed by atoms with Gasteiger partial charge in [-0.2, -0.15) is 0 Å². The summed E-state index contributed by atoms with van der Waals surface area (Å²) in [6.45, 7) is 6.09. The highest BCUT2D eigenvalue weighted by atomic mass is 16.6. The summed E-state index contributed by atoms with van der Waals surface area (Å²) in [6, 6.07) is 0. The number of hydrogen-bond acceptors (Lipinski definition) is 6. The van der Waals surface area contributed by atoms with Crippen molar-refractivity contribution >= 4 is 17.5 Å². The molecule has 6 nitrogen and oxygen atoms in total. The molecule has 0 spiro atoms. The van der Waals surface area contributed by atoms with Gasteiger partial charge >= 0.3 is 5.97 Å². The van der Waals surface area contributed by atoms with Crippen LogP contribution in [-0.4, -0.2) is 48.1 Å². The van der Waals surface area contributed by atoms with E-state index in [0.717, 1.165) is 25.7 Å². The SMILES string of the molecule is CCCC(=O)O[C@]1(C(=O)COC)CC[C@H]2[C@@H]3CCC4=CC(=O)CC[C@]4(C)[C@H]3[C@@H](O)C[C@@]21C. The Kier molecular flexibility index (Phi) is 6.17. The van der Waals surface area contributed by atoms with E-state index in [4.69, 9.17) is 9.47 Å². The summed E-state index contributed by atoms with van der Waals surface area (Å²) in [5.74, 6) is 0.142. The van der Waals surface area contributed by atoms with Gasteiger partial charge < -0.3 is 14.6 Å². The van der Waals surface area contributed by atoms with Crippen LogP contribution in [0.1, 0.15) is 78.6 Å². The van der Waals surface area contributed by atoms with E-state index in [1.807, 2.05) is 13.0 Å². The quantitative estimate of drug-likeness (QED) is 0.625. The Bertz CT molecular complexity index is 832. The second-order valence-corrected chi connectivity index (χ2v) is 11.0. The van der Waals surface area contributed by atoms with Crippen LogP contribution in [0.3, 0.4) is 0 Å². The van der Waals surface area contributed by atoms with E-state index in [9.17, 15) is 19.5 Å².